The third kappa shape index (κ3) is 5.70. The Balaban J connectivity index is 1.98. The Morgan fingerprint density at radius 2 is 1.74 bits per heavy atom. The van der Waals surface area contributed by atoms with Gasteiger partial charge in [-0.3, -0.25) is 14.6 Å². The van der Waals surface area contributed by atoms with E-state index in [1.807, 2.05) is 0 Å². The van der Waals surface area contributed by atoms with Crippen LogP contribution >= 0.6 is 0 Å². The number of hydrogen-bond donors (Lipinski definition) is 1. The van der Waals surface area contributed by atoms with Crippen LogP contribution in [0.1, 0.15) is 38.3 Å². The highest BCUT2D eigenvalue weighted by atomic mass is 16.5. The summed E-state index contributed by atoms with van der Waals surface area (Å²) in [6.45, 7) is 5.75. The Morgan fingerprint density at radius 1 is 1.06 bits per heavy atom. The van der Waals surface area contributed by atoms with Crippen LogP contribution in [0, 0.1) is 5.92 Å². The summed E-state index contributed by atoms with van der Waals surface area (Å²) in [6, 6.07) is 4.20. The smallest absolute Gasteiger partial charge is 0.338 e. The average Bonchev–Trinajstić information content (AvgIpc) is 2.86. The van der Waals surface area contributed by atoms with E-state index >= 15 is 0 Å². The van der Waals surface area contributed by atoms with Crippen molar-refractivity contribution in [3.8, 4) is 11.5 Å². The van der Waals surface area contributed by atoms with Crippen LogP contribution in [0.15, 0.2) is 29.5 Å². The normalized spacial score (nSPS) is 19.3. The number of hydrogen-bond acceptors (Lipinski definition) is 8. The van der Waals surface area contributed by atoms with Crippen molar-refractivity contribution in [3.63, 3.8) is 0 Å². The quantitative estimate of drug-likeness (QED) is 0.528. The maximum atomic E-state index is 13.2. The first-order chi connectivity index (χ1) is 16.9. The second-order valence-electron chi connectivity index (χ2n) is 8.41. The second kappa shape index (κ2) is 11.9. The molecule has 1 fully saturated rings. The minimum absolute atomic E-state index is 0.133. The number of carbonyl (C=O) groups excluding carboxylic acids is 3. The summed E-state index contributed by atoms with van der Waals surface area (Å²) in [5.41, 5.74) is 1.49. The number of benzene rings is 1. The molecule has 1 aromatic carbocycles. The number of ether oxygens (including phenoxy) is 4. The largest absolute Gasteiger partial charge is 0.493 e. The van der Waals surface area contributed by atoms with Gasteiger partial charge in [-0.15, -0.1) is 0 Å². The zero-order valence-electron chi connectivity index (χ0n) is 21.1. The molecular formula is C25H35N3O7. The predicted molar refractivity (Wildman–Crippen MR) is 128 cm³/mol. The SMILES string of the molecule is CCOC(=O)C1=C(CN2CCC(C(=O)OCC)CC2)N(C)C(=O)NC1c1cccc(OC)c1OC. The van der Waals surface area contributed by atoms with Crippen LogP contribution in [0.25, 0.3) is 0 Å². The molecule has 2 amide bonds. The summed E-state index contributed by atoms with van der Waals surface area (Å²) in [6.07, 6.45) is 1.31. The molecule has 1 aromatic rings. The van der Waals surface area contributed by atoms with Crippen molar-refractivity contribution < 1.29 is 33.3 Å². The zero-order valence-corrected chi connectivity index (χ0v) is 21.1. The van der Waals surface area contributed by atoms with E-state index in [0.717, 1.165) is 0 Å². The van der Waals surface area contributed by atoms with Gasteiger partial charge in [0.25, 0.3) is 0 Å². The van der Waals surface area contributed by atoms with Crippen LogP contribution in [-0.2, 0) is 19.1 Å². The first kappa shape index (κ1) is 26.3. The number of methoxy groups -OCH3 is 2. The molecule has 0 aliphatic carbocycles. The van der Waals surface area contributed by atoms with Crippen LogP contribution in [0.2, 0.25) is 0 Å². The van der Waals surface area contributed by atoms with Gasteiger partial charge in [-0.25, -0.2) is 9.59 Å². The van der Waals surface area contributed by atoms with Crippen molar-refractivity contribution in [2.75, 3.05) is 54.1 Å². The first-order valence-electron chi connectivity index (χ1n) is 11.9. The lowest BCUT2D eigenvalue weighted by atomic mass is 9.92. The summed E-state index contributed by atoms with van der Waals surface area (Å²) in [5.74, 6) is 0.111. The topological polar surface area (TPSA) is 107 Å². The van der Waals surface area contributed by atoms with E-state index in [1.165, 1.54) is 19.1 Å². The molecule has 0 saturated carbocycles. The maximum absolute atomic E-state index is 13.2. The Bertz CT molecular complexity index is 970. The van der Waals surface area contributed by atoms with Crippen LogP contribution in [0.5, 0.6) is 11.5 Å². The van der Waals surface area contributed by atoms with Gasteiger partial charge in [0, 0.05) is 24.9 Å². The number of para-hydroxylation sites is 1. The van der Waals surface area contributed by atoms with E-state index < -0.39 is 12.0 Å². The summed E-state index contributed by atoms with van der Waals surface area (Å²) in [5, 5.41) is 2.91. The van der Waals surface area contributed by atoms with Crippen LogP contribution < -0.4 is 14.8 Å². The molecule has 2 heterocycles. The number of piperidine rings is 1. The monoisotopic (exact) mass is 489 g/mol. The molecule has 1 atom stereocenters. The number of likely N-dealkylation sites (N-methyl/N-ethyl adjacent to an activating group) is 1. The summed E-state index contributed by atoms with van der Waals surface area (Å²) >= 11 is 0. The van der Waals surface area contributed by atoms with Gasteiger partial charge in [0.2, 0.25) is 0 Å². The second-order valence-corrected chi connectivity index (χ2v) is 8.41. The number of likely N-dealkylation sites (tertiary alicyclic amines) is 1. The fraction of sp³-hybridized carbons (Fsp3) is 0.560. The highest BCUT2D eigenvalue weighted by molar-refractivity contribution is 5.95. The molecule has 1 unspecified atom stereocenters. The molecule has 10 nitrogen and oxygen atoms in total. The number of nitrogens with one attached hydrogen (secondary N) is 1. The van der Waals surface area contributed by atoms with E-state index in [9.17, 15) is 14.4 Å². The van der Waals surface area contributed by atoms with Crippen LogP contribution in [0.3, 0.4) is 0 Å². The van der Waals surface area contributed by atoms with Crippen molar-refractivity contribution in [2.24, 2.45) is 5.92 Å². The molecule has 0 radical (unpaired) electrons. The number of esters is 2. The molecule has 35 heavy (non-hydrogen) atoms. The minimum atomic E-state index is -0.783. The number of amides is 2. The lowest BCUT2D eigenvalue weighted by Crippen LogP contribution is -2.50. The molecule has 1 saturated heterocycles. The van der Waals surface area contributed by atoms with E-state index in [-0.39, 0.29) is 24.5 Å². The number of urea groups is 1. The molecule has 0 aromatic heterocycles. The number of carbonyl (C=O) groups is 3. The van der Waals surface area contributed by atoms with Crippen molar-refractivity contribution in [2.45, 2.75) is 32.7 Å². The van der Waals surface area contributed by atoms with Gasteiger partial charge in [0.15, 0.2) is 11.5 Å². The number of nitrogens with zero attached hydrogens (tertiary/aromatic N) is 2. The highest BCUT2D eigenvalue weighted by Crippen LogP contribution is 2.40. The molecule has 192 valence electrons. The zero-order chi connectivity index (χ0) is 25.5. The van der Waals surface area contributed by atoms with Gasteiger partial charge in [0.05, 0.1) is 45.0 Å². The molecule has 1 N–H and O–H groups in total. The fourth-order valence-corrected chi connectivity index (χ4v) is 4.57. The molecule has 0 bridgehead atoms. The molecule has 2 aliphatic rings. The summed E-state index contributed by atoms with van der Waals surface area (Å²) < 4.78 is 21.6. The summed E-state index contributed by atoms with van der Waals surface area (Å²) in [4.78, 5) is 42.0. The van der Waals surface area contributed by atoms with E-state index in [4.69, 9.17) is 18.9 Å². The Kier molecular flexibility index (Phi) is 8.97. The van der Waals surface area contributed by atoms with E-state index in [2.05, 4.69) is 10.2 Å². The van der Waals surface area contributed by atoms with Crippen LogP contribution in [0.4, 0.5) is 4.79 Å². The average molecular weight is 490 g/mol. The molecular weight excluding hydrogens is 454 g/mol. The van der Waals surface area contributed by atoms with E-state index in [0.29, 0.717) is 67.4 Å². The first-order valence-corrected chi connectivity index (χ1v) is 11.9. The lowest BCUT2D eigenvalue weighted by molar-refractivity contribution is -0.149. The van der Waals surface area contributed by atoms with Gasteiger partial charge < -0.3 is 24.3 Å². The molecule has 2 aliphatic heterocycles. The molecule has 0 spiro atoms. The molecule has 10 heteroatoms. The third-order valence-corrected chi connectivity index (χ3v) is 6.40. The van der Waals surface area contributed by atoms with E-state index in [1.54, 1.807) is 39.1 Å². The van der Waals surface area contributed by atoms with Gasteiger partial charge in [-0.05, 0) is 45.8 Å². The van der Waals surface area contributed by atoms with Crippen LogP contribution in [-0.4, -0.2) is 81.9 Å². The predicted octanol–water partition coefficient (Wildman–Crippen LogP) is 2.49. The minimum Gasteiger partial charge on any atom is -0.493 e. The Labute approximate surface area is 206 Å². The number of rotatable bonds is 9. The van der Waals surface area contributed by atoms with Gasteiger partial charge in [-0.1, -0.05) is 12.1 Å². The highest BCUT2D eigenvalue weighted by Gasteiger charge is 2.39. The fourth-order valence-electron chi connectivity index (χ4n) is 4.57. The standard InChI is InChI=1S/C25H35N3O7/c1-6-34-23(29)16-11-13-28(14-12-16)15-18-20(24(30)35-7-2)21(26-25(31)27(18)3)17-9-8-10-19(32-4)22(17)33-5/h8-10,16,21H,6-7,11-15H2,1-5H3,(H,26,31). The Morgan fingerprint density at radius 3 is 2.34 bits per heavy atom. The van der Waals surface area contributed by atoms with Gasteiger partial charge >= 0.3 is 18.0 Å². The third-order valence-electron chi connectivity index (χ3n) is 6.40. The van der Waals surface area contributed by atoms with Crippen molar-refractivity contribution >= 4 is 18.0 Å². The van der Waals surface area contributed by atoms with Crippen molar-refractivity contribution in [1.82, 2.24) is 15.1 Å². The summed E-state index contributed by atoms with van der Waals surface area (Å²) in [7, 11) is 4.68. The maximum Gasteiger partial charge on any atom is 0.338 e. The van der Waals surface area contributed by atoms with Crippen molar-refractivity contribution in [1.29, 1.82) is 0 Å². The molecule has 3 rings (SSSR count). The van der Waals surface area contributed by atoms with Gasteiger partial charge in [-0.2, -0.15) is 0 Å². The van der Waals surface area contributed by atoms with Gasteiger partial charge in [0.1, 0.15) is 0 Å². The van der Waals surface area contributed by atoms with Crippen molar-refractivity contribution in [3.05, 3.63) is 35.0 Å². The lowest BCUT2D eigenvalue weighted by Gasteiger charge is -2.38. The Hall–Kier alpha value is -3.27.